The van der Waals surface area contributed by atoms with Gasteiger partial charge in [-0.15, -0.1) is 0 Å². The fourth-order valence-electron chi connectivity index (χ4n) is 2.98. The van der Waals surface area contributed by atoms with Crippen LogP contribution in [0.3, 0.4) is 0 Å². The summed E-state index contributed by atoms with van der Waals surface area (Å²) in [6.07, 6.45) is 8.32. The summed E-state index contributed by atoms with van der Waals surface area (Å²) >= 11 is 0. The molecule has 0 aliphatic heterocycles. The highest BCUT2D eigenvalue weighted by Gasteiger charge is 2.10. The predicted octanol–water partition coefficient (Wildman–Crippen LogP) is 5.80. The summed E-state index contributed by atoms with van der Waals surface area (Å²) in [5.41, 5.74) is 4.08. The molecule has 0 spiro atoms. The zero-order valence-corrected chi connectivity index (χ0v) is 17.7. The number of carbonyl (C=O) groups excluding carboxylic acids is 1. The van der Waals surface area contributed by atoms with Crippen LogP contribution < -0.4 is 9.64 Å². The van der Waals surface area contributed by atoms with Crippen molar-refractivity contribution in [1.29, 1.82) is 0 Å². The molecule has 0 aliphatic carbocycles. The molecular weight excluding hydrogens is 360 g/mol. The van der Waals surface area contributed by atoms with Crippen LogP contribution in [-0.4, -0.2) is 25.0 Å². The fraction of sp³-hybridized carbons (Fsp3) is 0.240. The summed E-state index contributed by atoms with van der Waals surface area (Å²) < 4.78 is 5.59. The smallest absolute Gasteiger partial charge is 0.218 e. The number of hydrogen-bond acceptors (Lipinski definition) is 3. The number of anilines is 1. The Labute approximate surface area is 174 Å². The molecule has 0 aromatic heterocycles. The minimum absolute atomic E-state index is 0.132. The molecule has 4 nitrogen and oxygen atoms in total. The fourth-order valence-corrected chi connectivity index (χ4v) is 2.98. The van der Waals surface area contributed by atoms with Gasteiger partial charge >= 0.3 is 0 Å². The monoisotopic (exact) mass is 390 g/mol. The molecule has 1 amide bonds. The minimum atomic E-state index is 0.132. The van der Waals surface area contributed by atoms with E-state index in [0.717, 1.165) is 34.5 Å². The lowest BCUT2D eigenvalue weighted by atomic mass is 10.1. The van der Waals surface area contributed by atoms with Gasteiger partial charge in [0.25, 0.3) is 0 Å². The lowest BCUT2D eigenvalue weighted by Crippen LogP contribution is -2.19. The Hall–Kier alpha value is -3.27. The Balaban J connectivity index is 2.12. The van der Waals surface area contributed by atoms with Crippen LogP contribution in [0.1, 0.15) is 37.9 Å². The van der Waals surface area contributed by atoms with Crippen molar-refractivity contribution < 1.29 is 9.53 Å². The van der Waals surface area contributed by atoms with Crippen LogP contribution in [0.2, 0.25) is 0 Å². The molecule has 0 saturated carbocycles. The second-order valence-corrected chi connectivity index (χ2v) is 6.65. The van der Waals surface area contributed by atoms with Crippen molar-refractivity contribution in [2.24, 2.45) is 0 Å². The number of benzene rings is 2. The van der Waals surface area contributed by atoms with Crippen LogP contribution in [-0.2, 0) is 4.79 Å². The molecule has 0 saturated heterocycles. The molecule has 0 aliphatic rings. The Morgan fingerprint density at radius 1 is 1.17 bits per heavy atom. The van der Waals surface area contributed by atoms with Crippen LogP contribution in [0.25, 0.3) is 5.57 Å². The van der Waals surface area contributed by atoms with Crippen molar-refractivity contribution in [2.45, 2.75) is 26.8 Å². The molecule has 2 aromatic carbocycles. The van der Waals surface area contributed by atoms with Crippen molar-refractivity contribution in [3.8, 4) is 5.75 Å². The number of rotatable bonds is 10. The van der Waals surface area contributed by atoms with E-state index in [4.69, 9.17) is 4.74 Å². The lowest BCUT2D eigenvalue weighted by Gasteiger charge is -2.25. The standard InChI is InChI=1S/C25H30N2O2/c1-6-21(7-2)22-12-14-24(15-13-22)27(19-28)17-16-26(5)20(4)23-10-9-11-25(18-23)29-8-3/h6-7,9-20H,1,8H2,2-5H3/b17-16-,21-7+. The molecule has 1 atom stereocenters. The van der Waals surface area contributed by atoms with Gasteiger partial charge in [0.2, 0.25) is 6.41 Å². The maximum atomic E-state index is 11.6. The highest BCUT2D eigenvalue weighted by atomic mass is 16.5. The van der Waals surface area contributed by atoms with Crippen LogP contribution in [0.5, 0.6) is 5.75 Å². The van der Waals surface area contributed by atoms with E-state index in [-0.39, 0.29) is 6.04 Å². The van der Waals surface area contributed by atoms with Crippen LogP contribution in [0.4, 0.5) is 5.69 Å². The number of nitrogens with zero attached hydrogens (tertiary/aromatic N) is 2. The largest absolute Gasteiger partial charge is 0.494 e. The van der Waals surface area contributed by atoms with Crippen LogP contribution in [0.15, 0.2) is 79.7 Å². The summed E-state index contributed by atoms with van der Waals surface area (Å²) in [6, 6.07) is 16.0. The van der Waals surface area contributed by atoms with Crippen molar-refractivity contribution in [3.05, 3.63) is 90.8 Å². The van der Waals surface area contributed by atoms with Crippen molar-refractivity contribution in [2.75, 3.05) is 18.6 Å². The van der Waals surface area contributed by atoms with Gasteiger partial charge in [0.15, 0.2) is 0 Å². The first kappa shape index (κ1) is 22.0. The van der Waals surface area contributed by atoms with Gasteiger partial charge in [-0.25, -0.2) is 0 Å². The third-order valence-corrected chi connectivity index (χ3v) is 4.87. The third-order valence-electron chi connectivity index (χ3n) is 4.87. The Kier molecular flexibility index (Phi) is 8.28. The van der Waals surface area contributed by atoms with E-state index in [9.17, 15) is 4.79 Å². The molecule has 0 bridgehead atoms. The van der Waals surface area contributed by atoms with E-state index in [1.54, 1.807) is 11.1 Å². The van der Waals surface area contributed by atoms with Gasteiger partial charge in [-0.3, -0.25) is 9.69 Å². The molecule has 0 N–H and O–H groups in total. The highest BCUT2D eigenvalue weighted by Crippen LogP contribution is 2.24. The van der Waals surface area contributed by atoms with Gasteiger partial charge < -0.3 is 9.64 Å². The number of allylic oxidation sites excluding steroid dienone is 3. The van der Waals surface area contributed by atoms with Gasteiger partial charge in [0.05, 0.1) is 12.6 Å². The van der Waals surface area contributed by atoms with Gasteiger partial charge in [0, 0.05) is 25.1 Å². The molecule has 29 heavy (non-hydrogen) atoms. The molecule has 0 heterocycles. The van der Waals surface area contributed by atoms with E-state index in [1.807, 2.05) is 81.7 Å². The molecule has 2 rings (SSSR count). The molecule has 152 valence electrons. The molecule has 0 fully saturated rings. The Morgan fingerprint density at radius 2 is 1.90 bits per heavy atom. The first-order valence-electron chi connectivity index (χ1n) is 9.79. The second kappa shape index (κ2) is 10.9. The van der Waals surface area contributed by atoms with Gasteiger partial charge in [-0.05, 0) is 61.7 Å². The average molecular weight is 391 g/mol. The first-order chi connectivity index (χ1) is 14.0. The number of hydrogen-bond donors (Lipinski definition) is 0. The SMILES string of the molecule is C=C/C(=C\C)c1ccc(N(C=O)/C=C\N(C)C(C)c2cccc(OCC)c2)cc1. The number of carbonyl (C=O) groups is 1. The van der Waals surface area contributed by atoms with Crippen LogP contribution >= 0.6 is 0 Å². The van der Waals surface area contributed by atoms with Crippen molar-refractivity contribution >= 4 is 17.7 Å². The van der Waals surface area contributed by atoms with Gasteiger partial charge in [-0.2, -0.15) is 0 Å². The first-order valence-corrected chi connectivity index (χ1v) is 9.79. The van der Waals surface area contributed by atoms with E-state index < -0.39 is 0 Å². The van der Waals surface area contributed by atoms with Crippen LogP contribution in [0, 0.1) is 0 Å². The summed E-state index contributed by atoms with van der Waals surface area (Å²) in [5.74, 6) is 0.865. The highest BCUT2D eigenvalue weighted by molar-refractivity contribution is 5.80. The third kappa shape index (κ3) is 5.85. The van der Waals surface area contributed by atoms with Gasteiger partial charge in [-0.1, -0.05) is 43.0 Å². The Bertz CT molecular complexity index is 869. The van der Waals surface area contributed by atoms with Crippen molar-refractivity contribution in [1.82, 2.24) is 4.90 Å². The average Bonchev–Trinajstić information content (AvgIpc) is 2.75. The van der Waals surface area contributed by atoms with E-state index in [2.05, 4.69) is 24.5 Å². The Morgan fingerprint density at radius 3 is 2.48 bits per heavy atom. The summed E-state index contributed by atoms with van der Waals surface area (Å²) in [4.78, 5) is 15.2. The van der Waals surface area contributed by atoms with E-state index >= 15 is 0 Å². The predicted molar refractivity (Wildman–Crippen MR) is 122 cm³/mol. The lowest BCUT2D eigenvalue weighted by molar-refractivity contribution is -0.106. The quantitative estimate of drug-likeness (QED) is 0.379. The minimum Gasteiger partial charge on any atom is -0.494 e. The molecular formula is C25H30N2O2. The number of amides is 1. The van der Waals surface area contributed by atoms with Gasteiger partial charge in [0.1, 0.15) is 5.75 Å². The zero-order valence-electron chi connectivity index (χ0n) is 17.7. The van der Waals surface area contributed by atoms with E-state index in [1.165, 1.54) is 0 Å². The molecule has 2 aromatic rings. The maximum absolute atomic E-state index is 11.6. The summed E-state index contributed by atoms with van der Waals surface area (Å²) in [5, 5.41) is 0. The summed E-state index contributed by atoms with van der Waals surface area (Å²) in [7, 11) is 1.99. The normalized spacial score (nSPS) is 12.5. The maximum Gasteiger partial charge on any atom is 0.218 e. The zero-order chi connectivity index (χ0) is 21.2. The molecule has 1 unspecified atom stereocenters. The number of ether oxygens (including phenoxy) is 1. The van der Waals surface area contributed by atoms with Crippen molar-refractivity contribution in [3.63, 3.8) is 0 Å². The molecule has 4 heteroatoms. The molecule has 0 radical (unpaired) electrons. The summed E-state index contributed by atoms with van der Waals surface area (Å²) in [6.45, 7) is 10.5. The van der Waals surface area contributed by atoms with E-state index in [0.29, 0.717) is 6.61 Å². The topological polar surface area (TPSA) is 32.8 Å². The second-order valence-electron chi connectivity index (χ2n) is 6.65.